The van der Waals surface area contributed by atoms with Crippen molar-refractivity contribution in [3.05, 3.63) is 155 Å². The van der Waals surface area contributed by atoms with E-state index in [1.54, 1.807) is 12.4 Å². The number of rotatable bonds is 6. The van der Waals surface area contributed by atoms with Crippen LogP contribution in [0.3, 0.4) is 0 Å². The van der Waals surface area contributed by atoms with E-state index >= 15 is 0 Å². The van der Waals surface area contributed by atoms with Crippen LogP contribution in [-0.2, 0) is 0 Å². The number of hydrogen-bond acceptors (Lipinski definition) is 6. The first-order valence-electron chi connectivity index (χ1n) is 12.5. The summed E-state index contributed by atoms with van der Waals surface area (Å²) in [5.74, 6) is 3.32. The first-order valence-corrected chi connectivity index (χ1v) is 14.1. The average Bonchev–Trinajstić information content (AvgIpc) is 3.00. The van der Waals surface area contributed by atoms with E-state index in [9.17, 15) is 0 Å². The fourth-order valence-corrected chi connectivity index (χ4v) is 4.60. The van der Waals surface area contributed by atoms with Crippen molar-refractivity contribution in [3.8, 4) is 0 Å². The molecule has 0 atom stereocenters. The van der Waals surface area contributed by atoms with Gasteiger partial charge < -0.3 is 0 Å². The van der Waals surface area contributed by atoms with Crippen LogP contribution < -0.4 is 9.80 Å². The zero-order valence-electron chi connectivity index (χ0n) is 21.3. The number of halogens is 2. The van der Waals surface area contributed by atoms with Gasteiger partial charge in [-0.2, -0.15) is 0 Å². The molecule has 0 fully saturated rings. The third-order valence-corrected chi connectivity index (χ3v) is 6.53. The van der Waals surface area contributed by atoms with Gasteiger partial charge in [0.1, 0.15) is 32.5 Å². The molecule has 6 nitrogen and oxygen atoms in total. The molecule has 0 N–H and O–H groups in total. The van der Waals surface area contributed by atoms with Crippen molar-refractivity contribution < 1.29 is 0 Å². The van der Waals surface area contributed by atoms with Crippen LogP contribution in [0.5, 0.6) is 0 Å². The minimum atomic E-state index is 0.798. The molecule has 0 aliphatic rings. The lowest BCUT2D eigenvalue weighted by atomic mass is 10.2. The van der Waals surface area contributed by atoms with E-state index in [0.717, 1.165) is 43.9 Å². The summed E-state index contributed by atoms with van der Waals surface area (Å²) in [6, 6.07) is 43.5. The van der Waals surface area contributed by atoms with Crippen LogP contribution in [0.25, 0.3) is 0 Å². The third-order valence-electron chi connectivity index (χ3n) is 5.64. The second-order valence-corrected chi connectivity index (χ2v) is 9.98. The number of nitrogens with zero attached hydrogens (tertiary/aromatic N) is 6. The lowest BCUT2D eigenvalue weighted by Gasteiger charge is -2.22. The Hall–Kier alpha value is -4.40. The Balaban J connectivity index is 0.000000161. The van der Waals surface area contributed by atoms with Gasteiger partial charge in [-0.25, -0.2) is 19.9 Å². The highest BCUT2D eigenvalue weighted by Crippen LogP contribution is 2.33. The summed E-state index contributed by atoms with van der Waals surface area (Å²) < 4.78 is 1.60. The lowest BCUT2D eigenvalue weighted by molar-refractivity contribution is 1.11. The summed E-state index contributed by atoms with van der Waals surface area (Å²) in [5.41, 5.74) is 2.05. The Kier molecular flexibility index (Phi) is 9.24. The maximum absolute atomic E-state index is 4.53. The molecule has 2 aromatic carbocycles. The molecule has 0 unspecified atom stereocenters. The van der Waals surface area contributed by atoms with Crippen molar-refractivity contribution in [3.63, 3.8) is 0 Å². The molecular formula is C32H24Br2N6. The monoisotopic (exact) mass is 650 g/mol. The molecule has 0 bridgehead atoms. The highest BCUT2D eigenvalue weighted by Gasteiger charge is 2.15. The largest absolute Gasteiger partial charge is 0.279 e. The number of pyridine rings is 4. The van der Waals surface area contributed by atoms with Gasteiger partial charge in [0.05, 0.1) is 0 Å². The molecule has 0 radical (unpaired) electrons. The quantitative estimate of drug-likeness (QED) is 0.167. The summed E-state index contributed by atoms with van der Waals surface area (Å²) >= 11 is 6.83. The molecule has 196 valence electrons. The van der Waals surface area contributed by atoms with Gasteiger partial charge in [-0.05, 0) is 105 Å². The van der Waals surface area contributed by atoms with Crippen molar-refractivity contribution in [2.24, 2.45) is 0 Å². The molecule has 6 rings (SSSR count). The van der Waals surface area contributed by atoms with E-state index in [0.29, 0.717) is 0 Å². The molecular weight excluding hydrogens is 628 g/mol. The Labute approximate surface area is 250 Å². The second-order valence-electron chi connectivity index (χ2n) is 8.35. The van der Waals surface area contributed by atoms with Gasteiger partial charge >= 0.3 is 0 Å². The molecule has 0 aliphatic carbocycles. The Morgan fingerprint density at radius 3 is 1.10 bits per heavy atom. The first kappa shape index (κ1) is 27.2. The van der Waals surface area contributed by atoms with Crippen LogP contribution >= 0.6 is 31.9 Å². The van der Waals surface area contributed by atoms with Crippen molar-refractivity contribution >= 4 is 66.5 Å². The fraction of sp³-hybridized carbons (Fsp3) is 0. The molecule has 0 amide bonds. The zero-order valence-corrected chi connectivity index (χ0v) is 24.5. The molecule has 0 aliphatic heterocycles. The highest BCUT2D eigenvalue weighted by atomic mass is 79.9. The molecule has 4 aromatic heterocycles. The SMILES string of the molecule is Brc1cccc(N(c2ccccc2)c2ccccn2)n1.Brc1cccc(N(c2ccccc2)c2ccccn2)n1. The van der Waals surface area contributed by atoms with Crippen LogP contribution in [-0.4, -0.2) is 19.9 Å². The van der Waals surface area contributed by atoms with E-state index in [2.05, 4.69) is 51.8 Å². The number of benzene rings is 2. The average molecular weight is 652 g/mol. The van der Waals surface area contributed by atoms with Crippen LogP contribution in [0.4, 0.5) is 34.6 Å². The fourth-order valence-electron chi connectivity index (χ4n) is 3.93. The smallest absolute Gasteiger partial charge is 0.140 e. The van der Waals surface area contributed by atoms with E-state index < -0.39 is 0 Å². The standard InChI is InChI=1S/2C16H12BrN3/c2*17-14-9-6-11-16(19-14)20(13-7-2-1-3-8-13)15-10-4-5-12-18-15/h2*1-12H. The first-order chi connectivity index (χ1) is 19.7. The summed E-state index contributed by atoms with van der Waals surface area (Å²) in [6.45, 7) is 0. The Bertz CT molecular complexity index is 1420. The Morgan fingerprint density at radius 2 is 0.750 bits per heavy atom. The highest BCUT2D eigenvalue weighted by molar-refractivity contribution is 9.10. The van der Waals surface area contributed by atoms with Crippen LogP contribution in [0.15, 0.2) is 155 Å². The summed E-state index contributed by atoms with van der Waals surface area (Å²) in [4.78, 5) is 22.0. The molecule has 8 heteroatoms. The summed E-state index contributed by atoms with van der Waals surface area (Å²) in [5, 5.41) is 0. The van der Waals surface area contributed by atoms with Gasteiger partial charge in [0.25, 0.3) is 0 Å². The topological polar surface area (TPSA) is 58.0 Å². The predicted molar refractivity (Wildman–Crippen MR) is 169 cm³/mol. The Morgan fingerprint density at radius 1 is 0.375 bits per heavy atom. The van der Waals surface area contributed by atoms with Gasteiger partial charge in [-0.15, -0.1) is 0 Å². The number of hydrogen-bond donors (Lipinski definition) is 0. The lowest BCUT2D eigenvalue weighted by Crippen LogP contribution is -2.12. The minimum Gasteiger partial charge on any atom is -0.279 e. The molecule has 40 heavy (non-hydrogen) atoms. The maximum Gasteiger partial charge on any atom is 0.140 e. The zero-order chi connectivity index (χ0) is 27.6. The van der Waals surface area contributed by atoms with Gasteiger partial charge in [-0.1, -0.05) is 60.7 Å². The second kappa shape index (κ2) is 13.6. The summed E-state index contributed by atoms with van der Waals surface area (Å²) in [6.07, 6.45) is 3.56. The van der Waals surface area contributed by atoms with Crippen LogP contribution in [0.2, 0.25) is 0 Å². The molecule has 0 spiro atoms. The maximum atomic E-state index is 4.53. The van der Waals surface area contributed by atoms with Crippen molar-refractivity contribution in [2.45, 2.75) is 0 Å². The van der Waals surface area contributed by atoms with Gasteiger partial charge in [0.2, 0.25) is 0 Å². The number of anilines is 6. The molecule has 6 aromatic rings. The normalized spacial score (nSPS) is 10.2. The van der Waals surface area contributed by atoms with E-state index in [4.69, 9.17) is 0 Å². The minimum absolute atomic E-state index is 0.798. The number of para-hydroxylation sites is 2. The van der Waals surface area contributed by atoms with Crippen LogP contribution in [0.1, 0.15) is 0 Å². The summed E-state index contributed by atoms with van der Waals surface area (Å²) in [7, 11) is 0. The predicted octanol–water partition coefficient (Wildman–Crippen LogP) is 9.42. The van der Waals surface area contributed by atoms with Gasteiger partial charge in [-0.3, -0.25) is 9.80 Å². The molecule has 0 saturated carbocycles. The van der Waals surface area contributed by atoms with Crippen molar-refractivity contribution in [1.82, 2.24) is 19.9 Å². The van der Waals surface area contributed by atoms with Crippen LogP contribution in [0, 0.1) is 0 Å². The van der Waals surface area contributed by atoms with Gasteiger partial charge in [0, 0.05) is 23.8 Å². The number of aromatic nitrogens is 4. The van der Waals surface area contributed by atoms with Crippen molar-refractivity contribution in [2.75, 3.05) is 9.80 Å². The van der Waals surface area contributed by atoms with E-state index in [1.807, 2.05) is 143 Å². The van der Waals surface area contributed by atoms with E-state index in [1.165, 1.54) is 0 Å². The van der Waals surface area contributed by atoms with Crippen molar-refractivity contribution in [1.29, 1.82) is 0 Å². The van der Waals surface area contributed by atoms with Gasteiger partial charge in [0.15, 0.2) is 0 Å². The molecule has 0 saturated heterocycles. The van der Waals surface area contributed by atoms with E-state index in [-0.39, 0.29) is 0 Å². The third kappa shape index (κ3) is 6.97. The molecule has 4 heterocycles.